The van der Waals surface area contributed by atoms with E-state index in [0.717, 1.165) is 16.9 Å². The summed E-state index contributed by atoms with van der Waals surface area (Å²) in [6, 6.07) is 16.2. The lowest BCUT2D eigenvalue weighted by atomic mass is 10.0. The van der Waals surface area contributed by atoms with E-state index in [0.29, 0.717) is 26.1 Å². The van der Waals surface area contributed by atoms with E-state index in [2.05, 4.69) is 5.32 Å². The van der Waals surface area contributed by atoms with Gasteiger partial charge in [0.15, 0.2) is 0 Å². The minimum absolute atomic E-state index is 0.162. The molecule has 0 aromatic heterocycles. The summed E-state index contributed by atoms with van der Waals surface area (Å²) in [6.45, 7) is 6.84. The summed E-state index contributed by atoms with van der Waals surface area (Å²) < 4.78 is 10.7. The Hall–Kier alpha value is -2.86. The van der Waals surface area contributed by atoms with E-state index < -0.39 is 6.04 Å². The minimum Gasteiger partial charge on any atom is -0.497 e. The smallest absolute Gasteiger partial charge is 0.247 e. The molecule has 162 valence electrons. The van der Waals surface area contributed by atoms with Crippen molar-refractivity contribution >= 4 is 11.8 Å². The average Bonchev–Trinajstić information content (AvgIpc) is 2.74. The molecule has 2 rings (SSSR count). The Morgan fingerprint density at radius 3 is 2.27 bits per heavy atom. The second kappa shape index (κ2) is 12.0. The number of hydrogen-bond donors (Lipinski definition) is 1. The van der Waals surface area contributed by atoms with Crippen LogP contribution in [0.5, 0.6) is 5.75 Å². The first-order valence-electron chi connectivity index (χ1n) is 10.3. The van der Waals surface area contributed by atoms with Crippen molar-refractivity contribution in [3.63, 3.8) is 0 Å². The molecule has 0 fully saturated rings. The van der Waals surface area contributed by atoms with E-state index in [-0.39, 0.29) is 17.9 Å². The van der Waals surface area contributed by atoms with Crippen LogP contribution in [-0.2, 0) is 20.9 Å². The SMILES string of the molecule is COc1ccc(CN(C(C)=O)[C@H](C(=O)NCCCOC(C)C)c2ccccc2)cc1. The van der Waals surface area contributed by atoms with E-state index in [9.17, 15) is 9.59 Å². The molecule has 2 aromatic rings. The first-order valence-corrected chi connectivity index (χ1v) is 10.3. The van der Waals surface area contributed by atoms with Crippen LogP contribution in [0.15, 0.2) is 54.6 Å². The van der Waals surface area contributed by atoms with Gasteiger partial charge in [0, 0.05) is 26.6 Å². The van der Waals surface area contributed by atoms with Gasteiger partial charge in [0.2, 0.25) is 11.8 Å². The third kappa shape index (κ3) is 7.19. The fraction of sp³-hybridized carbons (Fsp3) is 0.417. The molecule has 0 heterocycles. The highest BCUT2D eigenvalue weighted by Crippen LogP contribution is 2.24. The lowest BCUT2D eigenvalue weighted by Crippen LogP contribution is -2.43. The van der Waals surface area contributed by atoms with Crippen molar-refractivity contribution in [2.24, 2.45) is 0 Å². The standard InChI is InChI=1S/C24H32N2O4/c1-18(2)30-16-8-15-25-24(28)23(21-9-6-5-7-10-21)26(19(3)27)17-20-11-13-22(29-4)14-12-20/h5-7,9-14,18,23H,8,15-17H2,1-4H3,(H,25,28)/t23-/m0/s1. The maximum Gasteiger partial charge on any atom is 0.247 e. The largest absolute Gasteiger partial charge is 0.497 e. The predicted octanol–water partition coefficient (Wildman–Crippen LogP) is 3.72. The number of nitrogens with one attached hydrogen (secondary N) is 1. The van der Waals surface area contributed by atoms with E-state index in [1.165, 1.54) is 6.92 Å². The zero-order valence-electron chi connectivity index (χ0n) is 18.3. The van der Waals surface area contributed by atoms with Crippen LogP contribution in [0.4, 0.5) is 0 Å². The van der Waals surface area contributed by atoms with Crippen LogP contribution < -0.4 is 10.1 Å². The number of hydrogen-bond acceptors (Lipinski definition) is 4. The van der Waals surface area contributed by atoms with Crippen molar-refractivity contribution in [2.75, 3.05) is 20.3 Å². The Morgan fingerprint density at radius 1 is 1.03 bits per heavy atom. The molecule has 1 atom stereocenters. The lowest BCUT2D eigenvalue weighted by molar-refractivity contribution is -0.140. The molecule has 6 heteroatoms. The number of nitrogens with zero attached hydrogens (tertiary/aromatic N) is 1. The quantitative estimate of drug-likeness (QED) is 0.571. The fourth-order valence-electron chi connectivity index (χ4n) is 3.12. The normalized spacial score (nSPS) is 11.8. The number of rotatable bonds is 11. The van der Waals surface area contributed by atoms with Crippen molar-refractivity contribution < 1.29 is 19.1 Å². The van der Waals surface area contributed by atoms with Gasteiger partial charge in [0.1, 0.15) is 11.8 Å². The highest BCUT2D eigenvalue weighted by atomic mass is 16.5. The van der Waals surface area contributed by atoms with E-state index >= 15 is 0 Å². The summed E-state index contributed by atoms with van der Waals surface area (Å²) in [5.41, 5.74) is 1.70. The lowest BCUT2D eigenvalue weighted by Gasteiger charge is -2.30. The van der Waals surface area contributed by atoms with Gasteiger partial charge in [-0.1, -0.05) is 42.5 Å². The van der Waals surface area contributed by atoms with Crippen molar-refractivity contribution in [3.8, 4) is 5.75 Å². The van der Waals surface area contributed by atoms with Crippen LogP contribution >= 0.6 is 0 Å². The van der Waals surface area contributed by atoms with Crippen LogP contribution in [0, 0.1) is 0 Å². The Kier molecular flexibility index (Phi) is 9.35. The molecule has 1 N–H and O–H groups in total. The molecule has 30 heavy (non-hydrogen) atoms. The van der Waals surface area contributed by atoms with Gasteiger partial charge in [-0.25, -0.2) is 0 Å². The van der Waals surface area contributed by atoms with Crippen LogP contribution in [-0.4, -0.2) is 43.1 Å². The van der Waals surface area contributed by atoms with Gasteiger partial charge in [-0.15, -0.1) is 0 Å². The number of amides is 2. The molecule has 2 amide bonds. The van der Waals surface area contributed by atoms with Gasteiger partial charge in [-0.05, 0) is 43.5 Å². The molecule has 2 aromatic carbocycles. The molecular formula is C24H32N2O4. The molecule has 0 spiro atoms. The van der Waals surface area contributed by atoms with Gasteiger partial charge in [-0.2, -0.15) is 0 Å². The second-order valence-electron chi connectivity index (χ2n) is 7.37. The molecule has 0 saturated heterocycles. The first-order chi connectivity index (χ1) is 14.4. The summed E-state index contributed by atoms with van der Waals surface area (Å²) in [7, 11) is 1.61. The molecule has 0 aliphatic heterocycles. The number of benzene rings is 2. The zero-order chi connectivity index (χ0) is 21.9. The molecule has 0 unspecified atom stereocenters. The van der Waals surface area contributed by atoms with Gasteiger partial charge in [0.25, 0.3) is 0 Å². The Bertz CT molecular complexity index is 791. The molecule has 6 nitrogen and oxygen atoms in total. The highest BCUT2D eigenvalue weighted by Gasteiger charge is 2.29. The Morgan fingerprint density at radius 2 is 1.70 bits per heavy atom. The summed E-state index contributed by atoms with van der Waals surface area (Å²) in [5.74, 6) is 0.376. The number of methoxy groups -OCH3 is 1. The zero-order valence-corrected chi connectivity index (χ0v) is 18.3. The van der Waals surface area contributed by atoms with Crippen molar-refractivity contribution in [1.82, 2.24) is 10.2 Å². The third-order valence-corrected chi connectivity index (χ3v) is 4.66. The topological polar surface area (TPSA) is 67.9 Å². The van der Waals surface area contributed by atoms with Crippen LogP contribution in [0.25, 0.3) is 0 Å². The van der Waals surface area contributed by atoms with Gasteiger partial charge in [-0.3, -0.25) is 9.59 Å². The monoisotopic (exact) mass is 412 g/mol. The van der Waals surface area contributed by atoms with E-state index in [4.69, 9.17) is 9.47 Å². The van der Waals surface area contributed by atoms with Crippen LogP contribution in [0.3, 0.4) is 0 Å². The number of carbonyl (C=O) groups excluding carboxylic acids is 2. The van der Waals surface area contributed by atoms with Crippen molar-refractivity contribution in [2.45, 2.75) is 45.9 Å². The molecular weight excluding hydrogens is 380 g/mol. The molecule has 0 bridgehead atoms. The van der Waals surface area contributed by atoms with E-state index in [1.807, 2.05) is 68.4 Å². The molecule has 0 saturated carbocycles. The maximum absolute atomic E-state index is 13.1. The Balaban J connectivity index is 2.17. The maximum atomic E-state index is 13.1. The summed E-state index contributed by atoms with van der Waals surface area (Å²) in [4.78, 5) is 27.2. The summed E-state index contributed by atoms with van der Waals surface area (Å²) in [6.07, 6.45) is 0.875. The van der Waals surface area contributed by atoms with Crippen LogP contribution in [0.2, 0.25) is 0 Å². The number of ether oxygens (including phenoxy) is 2. The van der Waals surface area contributed by atoms with Gasteiger partial charge < -0.3 is 19.7 Å². The van der Waals surface area contributed by atoms with Crippen molar-refractivity contribution in [1.29, 1.82) is 0 Å². The third-order valence-electron chi connectivity index (χ3n) is 4.66. The van der Waals surface area contributed by atoms with Crippen molar-refractivity contribution in [3.05, 3.63) is 65.7 Å². The molecule has 0 radical (unpaired) electrons. The van der Waals surface area contributed by atoms with Gasteiger partial charge >= 0.3 is 0 Å². The first kappa shape index (κ1) is 23.4. The Labute approximate surface area is 179 Å². The fourth-order valence-corrected chi connectivity index (χ4v) is 3.12. The molecule has 0 aliphatic carbocycles. The van der Waals surface area contributed by atoms with Gasteiger partial charge in [0.05, 0.1) is 13.2 Å². The van der Waals surface area contributed by atoms with E-state index in [1.54, 1.807) is 12.0 Å². The minimum atomic E-state index is -0.711. The predicted molar refractivity (Wildman–Crippen MR) is 117 cm³/mol. The number of carbonyl (C=O) groups is 2. The molecule has 0 aliphatic rings. The second-order valence-corrected chi connectivity index (χ2v) is 7.37. The summed E-state index contributed by atoms with van der Waals surface area (Å²) in [5, 5.41) is 2.96. The summed E-state index contributed by atoms with van der Waals surface area (Å²) >= 11 is 0. The highest BCUT2D eigenvalue weighted by molar-refractivity contribution is 5.88. The average molecular weight is 413 g/mol. The van der Waals surface area contributed by atoms with Crippen LogP contribution in [0.1, 0.15) is 44.4 Å².